The summed E-state index contributed by atoms with van der Waals surface area (Å²) in [6.45, 7) is 3.73. The van der Waals surface area contributed by atoms with Gasteiger partial charge in [0, 0.05) is 31.0 Å². The third-order valence-corrected chi connectivity index (χ3v) is 9.95. The van der Waals surface area contributed by atoms with Crippen molar-refractivity contribution < 1.29 is 35.1 Å². The molecule has 0 aliphatic heterocycles. The van der Waals surface area contributed by atoms with Gasteiger partial charge in [0.05, 0.1) is 18.8 Å². The average Bonchev–Trinajstić information content (AvgIpc) is 4.05. The van der Waals surface area contributed by atoms with Crippen molar-refractivity contribution in [1.29, 1.82) is 0 Å². The summed E-state index contributed by atoms with van der Waals surface area (Å²) in [7, 11) is 0. The number of ether oxygens (including phenoxy) is 1. The number of urea groups is 1. The normalized spacial score (nSPS) is 18.3. The molecule has 5 atom stereocenters. The molecule has 10 heteroatoms. The Morgan fingerprint density at radius 3 is 2.48 bits per heavy atom. The Labute approximate surface area is 283 Å². The van der Waals surface area contributed by atoms with Gasteiger partial charge in [0.2, 0.25) is 0 Å². The van der Waals surface area contributed by atoms with Gasteiger partial charge in [0.25, 0.3) is 0 Å². The number of carbonyl (C=O) groups is 1. The van der Waals surface area contributed by atoms with E-state index >= 15 is 0 Å². The monoisotopic (exact) mass is 661 g/mol. The van der Waals surface area contributed by atoms with E-state index in [1.165, 1.54) is 27.8 Å². The summed E-state index contributed by atoms with van der Waals surface area (Å²) in [6, 6.07) is 16.8. The minimum Gasteiger partial charge on any atom is -0.490 e. The molecule has 48 heavy (non-hydrogen) atoms. The molecular weight excluding hydrogens is 610 g/mol. The van der Waals surface area contributed by atoms with E-state index in [9.17, 15) is 25.2 Å². The van der Waals surface area contributed by atoms with Crippen molar-refractivity contribution in [2.45, 2.75) is 107 Å². The molecule has 2 fully saturated rings. The fraction of sp³-hybridized carbons (Fsp3) is 0.526. The number of aliphatic hydroxyl groups excluding tert-OH is 5. The molecular formula is C38H51N3O7. The van der Waals surface area contributed by atoms with Gasteiger partial charge in [0.15, 0.2) is 0 Å². The molecule has 2 aromatic carbocycles. The van der Waals surface area contributed by atoms with E-state index in [1.807, 2.05) is 12.3 Å². The molecule has 1 heterocycles. The average molecular weight is 662 g/mol. The van der Waals surface area contributed by atoms with Gasteiger partial charge in [-0.15, -0.1) is 0 Å². The number of benzene rings is 2. The lowest BCUT2D eigenvalue weighted by molar-refractivity contribution is -0.113. The highest BCUT2D eigenvalue weighted by molar-refractivity contribution is 5.75. The van der Waals surface area contributed by atoms with Crippen LogP contribution < -0.4 is 15.4 Å². The van der Waals surface area contributed by atoms with E-state index in [4.69, 9.17) is 9.84 Å². The molecule has 0 saturated heterocycles. The molecule has 2 aliphatic rings. The first-order valence-electron chi connectivity index (χ1n) is 17.3. The quantitative estimate of drug-likeness (QED) is 0.101. The van der Waals surface area contributed by atoms with Crippen LogP contribution >= 0.6 is 0 Å². The number of aliphatic hydroxyl groups is 5. The first kappa shape index (κ1) is 35.8. The number of hydrogen-bond donors (Lipinski definition) is 7. The maximum Gasteiger partial charge on any atom is 0.314 e. The van der Waals surface area contributed by atoms with Gasteiger partial charge in [-0.2, -0.15) is 0 Å². The van der Waals surface area contributed by atoms with Crippen LogP contribution in [0.25, 0.3) is 11.1 Å². The van der Waals surface area contributed by atoms with Gasteiger partial charge in [-0.3, -0.25) is 4.98 Å². The molecule has 7 N–H and O–H groups in total. The van der Waals surface area contributed by atoms with Crippen molar-refractivity contribution in [2.24, 2.45) is 0 Å². The molecule has 0 radical (unpaired) electrons. The first-order chi connectivity index (χ1) is 23.1. The van der Waals surface area contributed by atoms with Gasteiger partial charge in [0.1, 0.15) is 24.1 Å². The number of nitrogens with zero attached hydrogens (tertiary/aromatic N) is 1. The van der Waals surface area contributed by atoms with Crippen molar-refractivity contribution in [1.82, 2.24) is 15.6 Å². The minimum atomic E-state index is -1.73. The predicted molar refractivity (Wildman–Crippen MR) is 184 cm³/mol. The third kappa shape index (κ3) is 9.12. The summed E-state index contributed by atoms with van der Waals surface area (Å²) < 4.78 is 6.29. The Kier molecular flexibility index (Phi) is 12.1. The lowest BCUT2D eigenvalue weighted by Gasteiger charge is -2.25. The van der Waals surface area contributed by atoms with Gasteiger partial charge in [-0.05, 0) is 110 Å². The van der Waals surface area contributed by atoms with Gasteiger partial charge < -0.3 is 40.9 Å². The molecule has 0 bridgehead atoms. The number of nitrogens with one attached hydrogen (secondary N) is 2. The number of para-hydroxylation sites is 1. The second kappa shape index (κ2) is 16.2. The van der Waals surface area contributed by atoms with Crippen LogP contribution in [0.5, 0.6) is 5.75 Å². The van der Waals surface area contributed by atoms with Gasteiger partial charge in [-0.25, -0.2) is 4.79 Å². The standard InChI is InChI=1S/C38H51N3O7/c1-24(6-5-18-40-37(47)41-22-32(43)35(45)36(46)33(44)23-42)26-10-9-25(2)27(20-26)13-15-38(16-17-38)31-21-39-19-14-29(31)30-7-3-4-8-34(30)48-28-11-12-28/h3-4,7-10,14,19-21,24,28,32-33,35-36,42-46H,5-6,11-13,15-18,22-23H2,1-2H3,(H2,40,41,47)/t24?,32-,33+,35+,36+/m0/s1. The predicted octanol–water partition coefficient (Wildman–Crippen LogP) is 3.88. The van der Waals surface area contributed by atoms with Crippen LogP contribution in [0.4, 0.5) is 4.79 Å². The summed E-state index contributed by atoms with van der Waals surface area (Å²) in [6.07, 6.45) is 5.96. The number of pyridine rings is 1. The molecule has 10 nitrogen and oxygen atoms in total. The summed E-state index contributed by atoms with van der Waals surface area (Å²) >= 11 is 0. The van der Waals surface area contributed by atoms with Crippen LogP contribution in [0, 0.1) is 6.92 Å². The summed E-state index contributed by atoms with van der Waals surface area (Å²) in [5.74, 6) is 1.26. The number of carbonyl (C=O) groups excluding carboxylic acids is 1. The number of aromatic nitrogens is 1. The zero-order chi connectivity index (χ0) is 34.3. The van der Waals surface area contributed by atoms with Crippen LogP contribution in [-0.4, -0.2) is 86.8 Å². The molecule has 260 valence electrons. The second-order valence-corrected chi connectivity index (χ2v) is 13.7. The smallest absolute Gasteiger partial charge is 0.314 e. The van der Waals surface area contributed by atoms with Crippen LogP contribution in [0.15, 0.2) is 60.9 Å². The molecule has 0 spiro atoms. The molecule has 2 aliphatic carbocycles. The van der Waals surface area contributed by atoms with E-state index < -0.39 is 37.1 Å². The Morgan fingerprint density at radius 2 is 1.75 bits per heavy atom. The summed E-state index contributed by atoms with van der Waals surface area (Å²) in [5, 5.41) is 53.1. The number of aryl methyl sites for hydroxylation is 2. The Bertz CT molecular complexity index is 1510. The first-order valence-corrected chi connectivity index (χ1v) is 17.3. The Morgan fingerprint density at radius 1 is 1.00 bits per heavy atom. The molecule has 3 aromatic rings. The van der Waals surface area contributed by atoms with Crippen LogP contribution in [-0.2, 0) is 11.8 Å². The highest BCUT2D eigenvalue weighted by Crippen LogP contribution is 2.55. The zero-order valence-electron chi connectivity index (χ0n) is 28.0. The number of rotatable bonds is 18. The summed E-state index contributed by atoms with van der Waals surface area (Å²) in [4.78, 5) is 16.7. The Balaban J connectivity index is 1.12. The fourth-order valence-electron chi connectivity index (χ4n) is 6.38. The second-order valence-electron chi connectivity index (χ2n) is 13.7. The lowest BCUT2D eigenvalue weighted by Crippen LogP contribution is -2.50. The highest BCUT2D eigenvalue weighted by atomic mass is 16.5. The Hall–Kier alpha value is -3.54. The molecule has 1 unspecified atom stereocenters. The van der Waals surface area contributed by atoms with Crippen LogP contribution in [0.2, 0.25) is 0 Å². The van der Waals surface area contributed by atoms with Gasteiger partial charge >= 0.3 is 6.03 Å². The van der Waals surface area contributed by atoms with Crippen molar-refractivity contribution in [3.05, 3.63) is 83.2 Å². The van der Waals surface area contributed by atoms with Gasteiger partial charge in [-0.1, -0.05) is 43.3 Å². The van der Waals surface area contributed by atoms with E-state index in [0.29, 0.717) is 18.6 Å². The number of hydrogen-bond acceptors (Lipinski definition) is 8. The largest absolute Gasteiger partial charge is 0.490 e. The maximum atomic E-state index is 12.2. The zero-order valence-corrected chi connectivity index (χ0v) is 28.0. The van der Waals surface area contributed by atoms with Crippen molar-refractivity contribution >= 4 is 6.03 Å². The van der Waals surface area contributed by atoms with Crippen molar-refractivity contribution in [3.8, 4) is 16.9 Å². The van der Waals surface area contributed by atoms with E-state index in [1.54, 1.807) is 0 Å². The van der Waals surface area contributed by atoms with E-state index in [0.717, 1.165) is 62.7 Å². The van der Waals surface area contributed by atoms with E-state index in [-0.39, 0.29) is 12.0 Å². The molecule has 2 saturated carbocycles. The topological polar surface area (TPSA) is 164 Å². The third-order valence-electron chi connectivity index (χ3n) is 9.95. The lowest BCUT2D eigenvalue weighted by atomic mass is 9.84. The highest BCUT2D eigenvalue weighted by Gasteiger charge is 2.45. The molecule has 5 rings (SSSR count). The maximum absolute atomic E-state index is 12.2. The molecule has 2 amide bonds. The number of amides is 2. The fourth-order valence-corrected chi connectivity index (χ4v) is 6.38. The van der Waals surface area contributed by atoms with Crippen molar-refractivity contribution in [2.75, 3.05) is 19.7 Å². The van der Waals surface area contributed by atoms with Crippen molar-refractivity contribution in [3.63, 3.8) is 0 Å². The molecule has 1 aromatic heterocycles. The minimum absolute atomic E-state index is 0.116. The van der Waals surface area contributed by atoms with Crippen LogP contribution in [0.3, 0.4) is 0 Å². The summed E-state index contributed by atoms with van der Waals surface area (Å²) in [5.41, 5.74) is 7.75. The SMILES string of the molecule is Cc1ccc(C(C)CCCNC(=O)NC[C@H](O)[C@@H](O)[C@H](O)[C@H](O)CO)cc1CCC1(c2cnccc2-c2ccccc2OC2CC2)CC1. The van der Waals surface area contributed by atoms with E-state index in [2.05, 4.69) is 78.1 Å². The van der Waals surface area contributed by atoms with Crippen LogP contribution in [0.1, 0.15) is 80.0 Å².